The minimum Gasteiger partial charge on any atom is -0.422 e. The van der Waals surface area contributed by atoms with E-state index in [0.29, 0.717) is 12.2 Å². The maximum atomic E-state index is 12.6. The third kappa shape index (κ3) is 5.55. The number of hydrogen-bond acceptors (Lipinski definition) is 4. The summed E-state index contributed by atoms with van der Waals surface area (Å²) in [6.45, 7) is 0.370. The first kappa shape index (κ1) is 19.9. The Morgan fingerprint density at radius 2 is 1.76 bits per heavy atom. The molecule has 0 atom stereocenters. The molecule has 29 heavy (non-hydrogen) atoms. The number of carbonyl (C=O) groups excluding carboxylic acids is 3. The lowest BCUT2D eigenvalue weighted by Crippen LogP contribution is -2.33. The third-order valence-corrected chi connectivity index (χ3v) is 4.25. The number of nitrogens with one attached hydrogen (secondary N) is 1. The van der Waals surface area contributed by atoms with E-state index in [4.69, 9.17) is 10.5 Å². The highest BCUT2D eigenvalue weighted by atomic mass is 16.5. The van der Waals surface area contributed by atoms with Crippen molar-refractivity contribution in [1.29, 1.82) is 0 Å². The van der Waals surface area contributed by atoms with E-state index in [0.717, 1.165) is 6.42 Å². The Balaban J connectivity index is 1.65. The van der Waals surface area contributed by atoms with Gasteiger partial charge in [-0.3, -0.25) is 9.59 Å². The zero-order valence-electron chi connectivity index (χ0n) is 15.7. The van der Waals surface area contributed by atoms with Crippen LogP contribution in [0.3, 0.4) is 0 Å². The standard InChI is InChI=1S/C22H21N3O4/c23-20(26)15-24-21(27)17-8-4-9-18(14-17)29-22(28)19-10-5-12-25(19)13-11-16-6-2-1-3-7-16/h1-10,12,14H,11,13,15H2,(H2,23,26)(H,24,27). The van der Waals surface area contributed by atoms with Gasteiger partial charge in [-0.15, -0.1) is 0 Å². The lowest BCUT2D eigenvalue weighted by molar-refractivity contribution is -0.117. The maximum absolute atomic E-state index is 12.6. The number of nitrogens with two attached hydrogens (primary N) is 1. The molecule has 2 amide bonds. The fraction of sp³-hybridized carbons (Fsp3) is 0.136. The van der Waals surface area contributed by atoms with Crippen molar-refractivity contribution in [2.24, 2.45) is 5.73 Å². The summed E-state index contributed by atoms with van der Waals surface area (Å²) in [6, 6.07) is 19.6. The number of carbonyl (C=O) groups is 3. The molecule has 0 fully saturated rings. The highest BCUT2D eigenvalue weighted by Crippen LogP contribution is 2.16. The minimum absolute atomic E-state index is 0.234. The van der Waals surface area contributed by atoms with E-state index in [2.05, 4.69) is 5.32 Å². The lowest BCUT2D eigenvalue weighted by Gasteiger charge is -2.10. The number of primary amides is 1. The summed E-state index contributed by atoms with van der Waals surface area (Å²) < 4.78 is 7.27. The van der Waals surface area contributed by atoms with Gasteiger partial charge in [0.1, 0.15) is 11.4 Å². The molecule has 3 rings (SSSR count). The molecule has 0 radical (unpaired) electrons. The third-order valence-electron chi connectivity index (χ3n) is 4.25. The molecule has 1 heterocycles. The number of esters is 1. The fourth-order valence-corrected chi connectivity index (χ4v) is 2.82. The molecule has 0 spiro atoms. The Morgan fingerprint density at radius 1 is 0.966 bits per heavy atom. The second-order valence-corrected chi connectivity index (χ2v) is 6.39. The van der Waals surface area contributed by atoms with Crippen LogP contribution < -0.4 is 15.8 Å². The van der Waals surface area contributed by atoms with Crippen LogP contribution in [0.25, 0.3) is 0 Å². The van der Waals surface area contributed by atoms with Crippen LogP contribution in [-0.4, -0.2) is 28.9 Å². The molecule has 7 nitrogen and oxygen atoms in total. The fourth-order valence-electron chi connectivity index (χ4n) is 2.82. The van der Waals surface area contributed by atoms with E-state index >= 15 is 0 Å². The van der Waals surface area contributed by atoms with Crippen molar-refractivity contribution in [2.45, 2.75) is 13.0 Å². The summed E-state index contributed by atoms with van der Waals surface area (Å²) in [5, 5.41) is 2.39. The number of ether oxygens (including phenoxy) is 1. The molecule has 0 unspecified atom stereocenters. The van der Waals surface area contributed by atoms with Gasteiger partial charge in [-0.2, -0.15) is 0 Å². The van der Waals surface area contributed by atoms with Crippen LogP contribution >= 0.6 is 0 Å². The topological polar surface area (TPSA) is 103 Å². The van der Waals surface area contributed by atoms with Crippen LogP contribution in [-0.2, 0) is 17.8 Å². The molecule has 0 aliphatic heterocycles. The summed E-state index contributed by atoms with van der Waals surface area (Å²) in [5.74, 6) is -1.40. The maximum Gasteiger partial charge on any atom is 0.360 e. The molecule has 148 valence electrons. The van der Waals surface area contributed by atoms with Crippen molar-refractivity contribution in [3.8, 4) is 5.75 Å². The quantitative estimate of drug-likeness (QED) is 0.454. The van der Waals surface area contributed by atoms with E-state index in [1.165, 1.54) is 11.6 Å². The first-order valence-corrected chi connectivity index (χ1v) is 9.11. The minimum atomic E-state index is -0.641. The number of aryl methyl sites for hydroxylation is 2. The van der Waals surface area contributed by atoms with Gasteiger partial charge in [0.25, 0.3) is 5.91 Å². The number of nitrogens with zero attached hydrogens (tertiary/aromatic N) is 1. The largest absolute Gasteiger partial charge is 0.422 e. The van der Waals surface area contributed by atoms with Gasteiger partial charge in [-0.1, -0.05) is 36.4 Å². The van der Waals surface area contributed by atoms with Crippen LogP contribution in [0.4, 0.5) is 0 Å². The predicted octanol–water partition coefficient (Wildman–Crippen LogP) is 2.17. The van der Waals surface area contributed by atoms with E-state index < -0.39 is 17.8 Å². The SMILES string of the molecule is NC(=O)CNC(=O)c1cccc(OC(=O)c2cccn2CCc2ccccc2)c1. The van der Waals surface area contributed by atoms with E-state index in [1.54, 1.807) is 30.3 Å². The molecule has 0 aliphatic rings. The lowest BCUT2D eigenvalue weighted by atomic mass is 10.1. The van der Waals surface area contributed by atoms with Gasteiger partial charge in [0.15, 0.2) is 0 Å². The summed E-state index contributed by atoms with van der Waals surface area (Å²) >= 11 is 0. The van der Waals surface area contributed by atoms with Crippen LogP contribution in [0.5, 0.6) is 5.75 Å². The van der Waals surface area contributed by atoms with Crippen molar-refractivity contribution < 1.29 is 19.1 Å². The number of aromatic nitrogens is 1. The van der Waals surface area contributed by atoms with Gasteiger partial charge >= 0.3 is 5.97 Å². The van der Waals surface area contributed by atoms with Crippen molar-refractivity contribution in [3.05, 3.63) is 89.7 Å². The van der Waals surface area contributed by atoms with Gasteiger partial charge in [-0.25, -0.2) is 4.79 Å². The number of hydrogen-bond donors (Lipinski definition) is 2. The molecule has 0 bridgehead atoms. The number of amides is 2. The van der Waals surface area contributed by atoms with Crippen LogP contribution in [0.15, 0.2) is 72.9 Å². The Kier molecular flexibility index (Phi) is 6.42. The van der Waals surface area contributed by atoms with Crippen molar-refractivity contribution in [2.75, 3.05) is 6.54 Å². The molecule has 3 N–H and O–H groups in total. The molecule has 2 aromatic carbocycles. The molecular weight excluding hydrogens is 370 g/mol. The average Bonchev–Trinajstić information content (AvgIpc) is 3.20. The van der Waals surface area contributed by atoms with Gasteiger partial charge in [0, 0.05) is 18.3 Å². The summed E-state index contributed by atoms with van der Waals surface area (Å²) in [7, 11) is 0. The van der Waals surface area contributed by atoms with Gasteiger partial charge in [-0.05, 0) is 42.3 Å². The zero-order valence-corrected chi connectivity index (χ0v) is 15.7. The van der Waals surface area contributed by atoms with E-state index in [9.17, 15) is 14.4 Å². The summed E-state index contributed by atoms with van der Waals surface area (Å²) in [5.41, 5.74) is 6.88. The number of benzene rings is 2. The molecule has 0 aliphatic carbocycles. The molecule has 0 saturated heterocycles. The average molecular weight is 391 g/mol. The van der Waals surface area contributed by atoms with Crippen molar-refractivity contribution in [3.63, 3.8) is 0 Å². The second kappa shape index (κ2) is 9.36. The zero-order chi connectivity index (χ0) is 20.6. The Bertz CT molecular complexity index is 1010. The Morgan fingerprint density at radius 3 is 2.52 bits per heavy atom. The van der Waals surface area contributed by atoms with Gasteiger partial charge < -0.3 is 20.4 Å². The summed E-state index contributed by atoms with van der Waals surface area (Å²) in [6.07, 6.45) is 2.61. The molecular formula is C22H21N3O4. The van der Waals surface area contributed by atoms with Crippen LogP contribution in [0, 0.1) is 0 Å². The van der Waals surface area contributed by atoms with Crippen LogP contribution in [0.2, 0.25) is 0 Å². The first-order chi connectivity index (χ1) is 14.0. The highest BCUT2D eigenvalue weighted by molar-refractivity contribution is 5.97. The van der Waals surface area contributed by atoms with Crippen molar-refractivity contribution >= 4 is 17.8 Å². The van der Waals surface area contributed by atoms with Gasteiger partial charge in [0.2, 0.25) is 5.91 Å². The molecule has 3 aromatic rings. The molecule has 0 saturated carbocycles. The summed E-state index contributed by atoms with van der Waals surface area (Å²) in [4.78, 5) is 35.4. The Hall–Kier alpha value is -3.87. The predicted molar refractivity (Wildman–Crippen MR) is 108 cm³/mol. The molecule has 7 heteroatoms. The van der Waals surface area contributed by atoms with E-state index in [-0.39, 0.29) is 17.9 Å². The van der Waals surface area contributed by atoms with E-state index in [1.807, 2.05) is 41.1 Å². The monoisotopic (exact) mass is 391 g/mol. The highest BCUT2D eigenvalue weighted by Gasteiger charge is 2.15. The van der Waals surface area contributed by atoms with Crippen molar-refractivity contribution in [1.82, 2.24) is 9.88 Å². The second-order valence-electron chi connectivity index (χ2n) is 6.39. The normalized spacial score (nSPS) is 10.3. The van der Waals surface area contributed by atoms with Crippen LogP contribution in [0.1, 0.15) is 26.4 Å². The first-order valence-electron chi connectivity index (χ1n) is 9.11. The Labute approximate surface area is 168 Å². The smallest absolute Gasteiger partial charge is 0.360 e. The number of rotatable bonds is 8. The van der Waals surface area contributed by atoms with Gasteiger partial charge in [0.05, 0.1) is 6.54 Å². The molecule has 1 aromatic heterocycles.